The Hall–Kier alpha value is -4.00. The Balaban J connectivity index is 1.73. The quantitative estimate of drug-likeness (QED) is 0.548. The van der Waals surface area contributed by atoms with Gasteiger partial charge in [-0.2, -0.15) is 0 Å². The predicted octanol–water partition coefficient (Wildman–Crippen LogP) is 3.60. The number of nitrogens with zero attached hydrogens (tertiary/aromatic N) is 1. The Morgan fingerprint density at radius 3 is 2.22 bits per heavy atom. The number of non-ortho nitro benzene ring substituents is 1. The van der Waals surface area contributed by atoms with E-state index in [2.05, 4.69) is 5.32 Å². The molecule has 0 aromatic heterocycles. The molecular formula is C20H12N2O5. The van der Waals surface area contributed by atoms with Gasteiger partial charge in [0.15, 0.2) is 5.76 Å². The maximum absolute atomic E-state index is 12.8. The zero-order valence-electron chi connectivity index (χ0n) is 13.8. The molecule has 1 aliphatic rings. The number of nitro groups is 1. The van der Waals surface area contributed by atoms with Crippen LogP contribution in [0.25, 0.3) is 16.5 Å². The van der Waals surface area contributed by atoms with E-state index in [0.29, 0.717) is 16.5 Å². The van der Waals surface area contributed by atoms with Crippen LogP contribution in [0, 0.1) is 10.1 Å². The third-order valence-electron chi connectivity index (χ3n) is 4.45. The first-order valence-electron chi connectivity index (χ1n) is 8.03. The Morgan fingerprint density at radius 1 is 0.963 bits per heavy atom. The number of Topliss-reactive ketones (excluding diaryl/α,β-unsaturated/α-hetero) is 1. The number of ketones is 1. The highest BCUT2D eigenvalue weighted by atomic mass is 16.6. The third kappa shape index (κ3) is 2.62. The minimum absolute atomic E-state index is 0.130. The molecule has 0 spiro atoms. The number of aliphatic hydroxyl groups is 1. The summed E-state index contributed by atoms with van der Waals surface area (Å²) in [6.45, 7) is 0. The molecule has 1 aliphatic carbocycles. The number of nitro benzene ring substituents is 1. The highest BCUT2D eigenvalue weighted by Crippen LogP contribution is 2.34. The summed E-state index contributed by atoms with van der Waals surface area (Å²) < 4.78 is 0. The molecule has 0 bridgehead atoms. The first-order valence-corrected chi connectivity index (χ1v) is 8.03. The zero-order chi connectivity index (χ0) is 19.1. The van der Waals surface area contributed by atoms with Crippen molar-refractivity contribution >= 4 is 33.9 Å². The van der Waals surface area contributed by atoms with E-state index in [4.69, 9.17) is 0 Å². The molecule has 3 aromatic rings. The van der Waals surface area contributed by atoms with Crippen LogP contribution in [0.3, 0.4) is 0 Å². The van der Waals surface area contributed by atoms with Crippen LogP contribution in [0.15, 0.2) is 66.4 Å². The van der Waals surface area contributed by atoms with E-state index in [1.165, 1.54) is 24.3 Å². The standard InChI is InChI=1S/C20H12N2O5/c23-18-14-5-1-3-11-4-2-6-15(16(11)14)19(24)17(18)21-20(25)12-7-9-13(10-8-12)22(26)27/h1-10,23H,(H,21,25). The number of amides is 1. The number of benzene rings is 3. The predicted molar refractivity (Wildman–Crippen MR) is 98.4 cm³/mol. The van der Waals surface area contributed by atoms with Gasteiger partial charge in [-0.1, -0.05) is 36.4 Å². The molecule has 27 heavy (non-hydrogen) atoms. The van der Waals surface area contributed by atoms with Gasteiger partial charge in [0.05, 0.1) is 4.92 Å². The van der Waals surface area contributed by atoms with Crippen molar-refractivity contribution in [3.8, 4) is 0 Å². The molecule has 0 fully saturated rings. The van der Waals surface area contributed by atoms with E-state index in [-0.39, 0.29) is 22.7 Å². The fourth-order valence-corrected chi connectivity index (χ4v) is 3.14. The summed E-state index contributed by atoms with van der Waals surface area (Å²) in [6.07, 6.45) is 0. The monoisotopic (exact) mass is 360 g/mol. The summed E-state index contributed by atoms with van der Waals surface area (Å²) in [4.78, 5) is 35.4. The molecule has 0 aliphatic heterocycles. The van der Waals surface area contributed by atoms with Crippen molar-refractivity contribution in [3.63, 3.8) is 0 Å². The lowest BCUT2D eigenvalue weighted by atomic mass is 9.89. The van der Waals surface area contributed by atoms with Gasteiger partial charge in [-0.05, 0) is 17.5 Å². The molecule has 0 saturated heterocycles. The Morgan fingerprint density at radius 2 is 1.59 bits per heavy atom. The maximum Gasteiger partial charge on any atom is 0.269 e. The second kappa shape index (κ2) is 6.06. The summed E-state index contributed by atoms with van der Waals surface area (Å²) in [5.41, 5.74) is 0.611. The van der Waals surface area contributed by atoms with Crippen LogP contribution in [0.5, 0.6) is 0 Å². The second-order valence-electron chi connectivity index (χ2n) is 6.02. The lowest BCUT2D eigenvalue weighted by Crippen LogP contribution is -2.30. The minimum atomic E-state index is -0.647. The van der Waals surface area contributed by atoms with Crippen molar-refractivity contribution in [2.24, 2.45) is 0 Å². The number of hydrogen-bond donors (Lipinski definition) is 2. The van der Waals surface area contributed by atoms with Crippen LogP contribution in [-0.2, 0) is 0 Å². The Bertz CT molecular complexity index is 1160. The fraction of sp³-hybridized carbons (Fsp3) is 0. The number of rotatable bonds is 3. The zero-order valence-corrected chi connectivity index (χ0v) is 13.8. The molecule has 0 unspecified atom stereocenters. The second-order valence-corrected chi connectivity index (χ2v) is 6.02. The average molecular weight is 360 g/mol. The molecule has 7 heteroatoms. The molecule has 0 saturated carbocycles. The molecule has 0 heterocycles. The van der Waals surface area contributed by atoms with E-state index in [0.717, 1.165) is 5.39 Å². The van der Waals surface area contributed by atoms with Crippen LogP contribution < -0.4 is 5.32 Å². The highest BCUT2D eigenvalue weighted by Gasteiger charge is 2.29. The SMILES string of the molecule is O=C(NC1=C(O)c2cccc3cccc(c23)C1=O)c1ccc([N+](=O)[O-])cc1. The third-order valence-corrected chi connectivity index (χ3v) is 4.45. The number of hydrogen-bond acceptors (Lipinski definition) is 5. The van der Waals surface area contributed by atoms with E-state index in [1.54, 1.807) is 24.3 Å². The van der Waals surface area contributed by atoms with Crippen LogP contribution >= 0.6 is 0 Å². The summed E-state index contributed by atoms with van der Waals surface area (Å²) in [5, 5.41) is 25.2. The summed E-state index contributed by atoms with van der Waals surface area (Å²) in [5.74, 6) is -1.45. The lowest BCUT2D eigenvalue weighted by Gasteiger charge is -2.20. The Labute approximate surface area is 152 Å². The van der Waals surface area contributed by atoms with Crippen molar-refractivity contribution in [2.75, 3.05) is 0 Å². The van der Waals surface area contributed by atoms with Gasteiger partial charge in [-0.25, -0.2) is 0 Å². The fourth-order valence-electron chi connectivity index (χ4n) is 3.14. The van der Waals surface area contributed by atoms with Crippen LogP contribution in [0.4, 0.5) is 5.69 Å². The van der Waals surface area contributed by atoms with Crippen molar-refractivity contribution in [2.45, 2.75) is 0 Å². The van der Waals surface area contributed by atoms with E-state index in [9.17, 15) is 24.8 Å². The van der Waals surface area contributed by atoms with E-state index in [1.807, 2.05) is 12.1 Å². The molecule has 0 atom stereocenters. The highest BCUT2D eigenvalue weighted by molar-refractivity contribution is 6.25. The van der Waals surface area contributed by atoms with Crippen LogP contribution in [0.2, 0.25) is 0 Å². The molecule has 0 radical (unpaired) electrons. The maximum atomic E-state index is 12.8. The number of aliphatic hydroxyl groups excluding tert-OH is 1. The van der Waals surface area contributed by atoms with E-state index >= 15 is 0 Å². The van der Waals surface area contributed by atoms with Gasteiger partial charge in [0, 0.05) is 34.2 Å². The molecule has 1 amide bonds. The van der Waals surface area contributed by atoms with Gasteiger partial charge >= 0.3 is 0 Å². The normalized spacial score (nSPS) is 13.0. The van der Waals surface area contributed by atoms with Crippen molar-refractivity contribution in [1.29, 1.82) is 0 Å². The van der Waals surface area contributed by atoms with Crippen molar-refractivity contribution < 1.29 is 19.6 Å². The summed E-state index contributed by atoms with van der Waals surface area (Å²) >= 11 is 0. The minimum Gasteiger partial charge on any atom is -0.505 e. The van der Waals surface area contributed by atoms with Crippen LogP contribution in [0.1, 0.15) is 26.3 Å². The van der Waals surface area contributed by atoms with Gasteiger partial charge in [0.25, 0.3) is 11.6 Å². The smallest absolute Gasteiger partial charge is 0.269 e. The van der Waals surface area contributed by atoms with Crippen molar-refractivity contribution in [1.82, 2.24) is 5.32 Å². The number of carbonyl (C=O) groups excluding carboxylic acids is 2. The van der Waals surface area contributed by atoms with Gasteiger partial charge in [0.1, 0.15) is 5.70 Å². The van der Waals surface area contributed by atoms with Crippen LogP contribution in [-0.4, -0.2) is 21.7 Å². The molecule has 132 valence electrons. The van der Waals surface area contributed by atoms with E-state index < -0.39 is 16.6 Å². The number of allylic oxidation sites excluding steroid dienone is 1. The number of carbonyl (C=O) groups is 2. The topological polar surface area (TPSA) is 110 Å². The summed E-state index contributed by atoms with van der Waals surface area (Å²) in [6, 6.07) is 15.4. The van der Waals surface area contributed by atoms with Gasteiger partial charge < -0.3 is 10.4 Å². The first-order chi connectivity index (χ1) is 13.0. The van der Waals surface area contributed by atoms with Gasteiger partial charge in [0.2, 0.25) is 5.78 Å². The van der Waals surface area contributed by atoms with Gasteiger partial charge in [-0.15, -0.1) is 0 Å². The first kappa shape index (κ1) is 16.5. The molecular weight excluding hydrogens is 348 g/mol. The average Bonchev–Trinajstić information content (AvgIpc) is 2.69. The number of nitrogens with one attached hydrogen (secondary N) is 1. The largest absolute Gasteiger partial charge is 0.505 e. The van der Waals surface area contributed by atoms with Crippen molar-refractivity contribution in [3.05, 3.63) is 93.2 Å². The lowest BCUT2D eigenvalue weighted by molar-refractivity contribution is -0.384. The Kier molecular flexibility index (Phi) is 3.70. The molecule has 7 nitrogen and oxygen atoms in total. The molecule has 3 aromatic carbocycles. The van der Waals surface area contributed by atoms with Gasteiger partial charge in [-0.3, -0.25) is 19.7 Å². The molecule has 2 N–H and O–H groups in total. The molecule has 4 rings (SSSR count). The summed E-state index contributed by atoms with van der Waals surface area (Å²) in [7, 11) is 0.